The summed E-state index contributed by atoms with van der Waals surface area (Å²) in [6.45, 7) is 4.20. The predicted molar refractivity (Wildman–Crippen MR) is 141 cm³/mol. The van der Waals surface area contributed by atoms with Crippen LogP contribution in [0.1, 0.15) is 53.6 Å². The fourth-order valence-electron chi connectivity index (χ4n) is 5.70. The highest BCUT2D eigenvalue weighted by Crippen LogP contribution is 2.36. The Morgan fingerprint density at radius 1 is 1.03 bits per heavy atom. The third-order valence-electron chi connectivity index (χ3n) is 7.57. The van der Waals surface area contributed by atoms with Crippen molar-refractivity contribution < 1.29 is 23.1 Å². The monoisotopic (exact) mass is 575 g/mol. The maximum atomic E-state index is 13.5. The molecule has 37 heavy (non-hydrogen) atoms. The molecule has 0 saturated carbocycles. The number of halogens is 4. The van der Waals surface area contributed by atoms with Crippen LogP contribution in [0.4, 0.5) is 13.2 Å². The molecule has 9 heteroatoms. The zero-order valence-corrected chi connectivity index (χ0v) is 22.0. The summed E-state index contributed by atoms with van der Waals surface area (Å²) in [5, 5.41) is 10.8. The van der Waals surface area contributed by atoms with Gasteiger partial charge in [0.15, 0.2) is 0 Å². The molecule has 2 fully saturated rings. The number of carboxylic acid groups (broad SMARTS) is 1. The number of pyridine rings is 1. The van der Waals surface area contributed by atoms with E-state index in [-0.39, 0.29) is 16.8 Å². The number of piperidine rings is 2. The Hall–Kier alpha value is -2.49. The molecule has 1 aromatic heterocycles. The van der Waals surface area contributed by atoms with Gasteiger partial charge in [-0.1, -0.05) is 34.5 Å². The number of carbonyl (C=O) groups is 1. The lowest BCUT2D eigenvalue weighted by Gasteiger charge is -2.40. The Morgan fingerprint density at radius 3 is 2.43 bits per heavy atom. The van der Waals surface area contributed by atoms with Crippen molar-refractivity contribution in [1.82, 2.24) is 14.8 Å². The van der Waals surface area contributed by atoms with Crippen LogP contribution in [-0.2, 0) is 12.7 Å². The number of likely N-dealkylation sites (tertiary alicyclic amines) is 2. The number of nitrogens with zero attached hydrogens (tertiary/aromatic N) is 3. The number of hydrogen-bond acceptors (Lipinski definition) is 4. The van der Waals surface area contributed by atoms with Crippen LogP contribution >= 0.6 is 15.9 Å². The number of aromatic nitrogens is 1. The van der Waals surface area contributed by atoms with E-state index in [1.54, 1.807) is 24.3 Å². The normalized spacial score (nSPS) is 18.4. The number of rotatable bonds is 5. The van der Waals surface area contributed by atoms with Crippen molar-refractivity contribution in [3.05, 3.63) is 63.6 Å². The van der Waals surface area contributed by atoms with Crippen LogP contribution in [0.15, 0.2) is 46.9 Å². The number of hydrogen-bond donors (Lipinski definition) is 1. The van der Waals surface area contributed by atoms with Crippen LogP contribution in [-0.4, -0.2) is 58.1 Å². The summed E-state index contributed by atoms with van der Waals surface area (Å²) in [5.74, 6) is -1.11. The van der Waals surface area contributed by atoms with Gasteiger partial charge in [0.25, 0.3) is 0 Å². The molecule has 0 radical (unpaired) electrons. The molecule has 0 amide bonds. The number of carboxylic acids is 1. The summed E-state index contributed by atoms with van der Waals surface area (Å²) in [6, 6.07) is 10.7. The minimum absolute atomic E-state index is 0.0943. The first-order chi connectivity index (χ1) is 17.7. The van der Waals surface area contributed by atoms with Gasteiger partial charge in [0.05, 0.1) is 22.3 Å². The van der Waals surface area contributed by atoms with Gasteiger partial charge in [0.1, 0.15) is 0 Å². The molecule has 0 bridgehead atoms. The van der Waals surface area contributed by atoms with Gasteiger partial charge in [-0.2, -0.15) is 13.2 Å². The summed E-state index contributed by atoms with van der Waals surface area (Å²) in [4.78, 5) is 22.1. The van der Waals surface area contributed by atoms with Gasteiger partial charge in [-0.05, 0) is 82.2 Å². The molecule has 0 atom stereocenters. The first kappa shape index (κ1) is 26.1. The third-order valence-corrected chi connectivity index (χ3v) is 8.06. The van der Waals surface area contributed by atoms with E-state index in [2.05, 4.69) is 25.7 Å². The molecular formula is C28H29BrF3N3O2. The highest BCUT2D eigenvalue weighted by molar-refractivity contribution is 9.10. The first-order valence-corrected chi connectivity index (χ1v) is 13.5. The molecule has 5 rings (SSSR count). The van der Waals surface area contributed by atoms with Crippen LogP contribution in [0.3, 0.4) is 0 Å². The second-order valence-electron chi connectivity index (χ2n) is 9.96. The summed E-state index contributed by atoms with van der Waals surface area (Å²) in [6.07, 6.45) is 1.24. The fourth-order valence-corrected chi connectivity index (χ4v) is 6.07. The van der Waals surface area contributed by atoms with Crippen LogP contribution in [0.2, 0.25) is 0 Å². The molecule has 2 aliphatic rings. The zero-order valence-electron chi connectivity index (χ0n) is 20.4. The van der Waals surface area contributed by atoms with E-state index in [1.165, 1.54) is 25.3 Å². The summed E-state index contributed by atoms with van der Waals surface area (Å²) < 4.78 is 41.3. The van der Waals surface area contributed by atoms with E-state index < -0.39 is 17.7 Å². The highest BCUT2D eigenvalue weighted by atomic mass is 79.9. The van der Waals surface area contributed by atoms with E-state index in [0.717, 1.165) is 51.2 Å². The molecule has 0 unspecified atom stereocenters. The Labute approximate surface area is 222 Å². The predicted octanol–water partition coefficient (Wildman–Crippen LogP) is 6.83. The molecule has 3 aromatic rings. The first-order valence-electron chi connectivity index (χ1n) is 12.7. The Bertz CT molecular complexity index is 1300. The van der Waals surface area contributed by atoms with E-state index in [4.69, 9.17) is 4.98 Å². The summed E-state index contributed by atoms with van der Waals surface area (Å²) >= 11 is 3.42. The second kappa shape index (κ2) is 10.7. The van der Waals surface area contributed by atoms with Gasteiger partial charge in [-0.15, -0.1) is 0 Å². The van der Waals surface area contributed by atoms with Crippen LogP contribution in [0, 0.1) is 0 Å². The highest BCUT2D eigenvalue weighted by Gasteiger charge is 2.32. The molecule has 0 spiro atoms. The fraction of sp³-hybridized carbons (Fsp3) is 0.429. The Kier molecular flexibility index (Phi) is 7.56. The molecule has 3 heterocycles. The van der Waals surface area contributed by atoms with E-state index in [1.807, 2.05) is 0 Å². The molecule has 196 valence electrons. The van der Waals surface area contributed by atoms with E-state index >= 15 is 0 Å². The number of aromatic carboxylic acids is 1. The van der Waals surface area contributed by atoms with Gasteiger partial charge in [-0.3, -0.25) is 4.90 Å². The van der Waals surface area contributed by atoms with Gasteiger partial charge >= 0.3 is 12.1 Å². The van der Waals surface area contributed by atoms with Gasteiger partial charge in [-0.25, -0.2) is 9.78 Å². The minimum Gasteiger partial charge on any atom is -0.478 e. The molecule has 0 aliphatic carbocycles. The van der Waals surface area contributed by atoms with Crippen molar-refractivity contribution in [1.29, 1.82) is 0 Å². The Balaban J connectivity index is 1.54. The second-order valence-corrected chi connectivity index (χ2v) is 10.9. The summed E-state index contributed by atoms with van der Waals surface area (Å²) in [7, 11) is 0. The minimum atomic E-state index is -4.51. The number of alkyl halides is 3. The average molecular weight is 576 g/mol. The van der Waals surface area contributed by atoms with Crippen LogP contribution < -0.4 is 0 Å². The largest absolute Gasteiger partial charge is 0.478 e. The Morgan fingerprint density at radius 2 is 1.76 bits per heavy atom. The SMILES string of the molecule is O=C(O)c1c(CN2CCC(N3CCCCC3)CC2)c(-c2cccc(C(F)(F)F)c2)nc2ccc(Br)cc12. The van der Waals surface area contributed by atoms with Crippen molar-refractivity contribution in [3.63, 3.8) is 0 Å². The number of benzene rings is 2. The molecule has 5 nitrogen and oxygen atoms in total. The van der Waals surface area contributed by atoms with Gasteiger partial charge in [0, 0.05) is 33.6 Å². The van der Waals surface area contributed by atoms with Gasteiger partial charge in [0.2, 0.25) is 0 Å². The standard InChI is InChI=1S/C28H29BrF3N3O2/c29-20-7-8-24-22(16-20)25(27(36)37)23(26(33-24)18-5-4-6-19(15-18)28(30,31)32)17-34-13-9-21(10-14-34)35-11-2-1-3-12-35/h4-8,15-16,21H,1-3,9-14,17H2,(H,36,37). The van der Waals surface area contributed by atoms with E-state index in [0.29, 0.717) is 33.5 Å². The number of fused-ring (bicyclic) bond motifs is 1. The third kappa shape index (κ3) is 5.68. The smallest absolute Gasteiger partial charge is 0.416 e. The quantitative estimate of drug-likeness (QED) is 0.361. The molecular weight excluding hydrogens is 547 g/mol. The lowest BCUT2D eigenvalue weighted by molar-refractivity contribution is -0.137. The van der Waals surface area contributed by atoms with Crippen molar-refractivity contribution in [3.8, 4) is 11.3 Å². The van der Waals surface area contributed by atoms with Crippen LogP contribution in [0.5, 0.6) is 0 Å². The van der Waals surface area contributed by atoms with Crippen molar-refractivity contribution in [2.75, 3.05) is 26.2 Å². The maximum absolute atomic E-state index is 13.5. The lowest BCUT2D eigenvalue weighted by Crippen LogP contribution is -2.46. The van der Waals surface area contributed by atoms with Crippen molar-refractivity contribution in [2.45, 2.75) is 50.9 Å². The molecule has 1 N–H and O–H groups in total. The van der Waals surface area contributed by atoms with E-state index in [9.17, 15) is 23.1 Å². The van der Waals surface area contributed by atoms with Crippen molar-refractivity contribution >= 4 is 32.8 Å². The maximum Gasteiger partial charge on any atom is 0.416 e. The van der Waals surface area contributed by atoms with Gasteiger partial charge < -0.3 is 10.0 Å². The average Bonchev–Trinajstić information content (AvgIpc) is 2.88. The summed E-state index contributed by atoms with van der Waals surface area (Å²) in [5.41, 5.74) is 0.746. The molecule has 2 saturated heterocycles. The molecule has 2 aromatic carbocycles. The molecule has 2 aliphatic heterocycles. The topological polar surface area (TPSA) is 56.7 Å². The zero-order chi connectivity index (χ0) is 26.2. The lowest BCUT2D eigenvalue weighted by atomic mass is 9.94. The van der Waals surface area contributed by atoms with Crippen molar-refractivity contribution in [2.24, 2.45) is 0 Å². The van der Waals surface area contributed by atoms with Crippen LogP contribution in [0.25, 0.3) is 22.2 Å².